The van der Waals surface area contributed by atoms with Crippen LogP contribution >= 0.6 is 19.2 Å². The maximum atomic E-state index is 12.8. The Morgan fingerprint density at radius 3 is 2.07 bits per heavy atom. The molecule has 0 radical (unpaired) electrons. The molecular formula is C39H55ClN3O8PSi2. The molecular weight excluding hydrogens is 761 g/mol. The van der Waals surface area contributed by atoms with E-state index < -0.39 is 30.3 Å². The lowest BCUT2D eigenvalue weighted by molar-refractivity contribution is -0.0660. The number of fused-ring (bicyclic) bond motifs is 2. The molecule has 2 aliphatic heterocycles. The highest BCUT2D eigenvalue weighted by Crippen LogP contribution is 2.55. The lowest BCUT2D eigenvalue weighted by atomic mass is 10.0. The first kappa shape index (κ1) is 41.2. The molecule has 0 spiro atoms. The quantitative estimate of drug-likeness (QED) is 0.0779. The third kappa shape index (κ3) is 8.18. The summed E-state index contributed by atoms with van der Waals surface area (Å²) in [5.74, 6) is 0. The van der Waals surface area contributed by atoms with Gasteiger partial charge in [-0.2, -0.15) is 4.98 Å². The maximum Gasteiger partial charge on any atom is 0.360 e. The SMILES string of the molecule is COP(=O)(OC)c1ccc(-c2ccc(-c3nc4nc(O[C@H]5CO[C@@H]6CO[Si](C(C)(C)C)(C(C)(C)C)O[C@@H]56)n(COCC[Si](C)(C)C)c4cc3Cl)cc2)cc1. The number of aromatic nitrogens is 3. The van der Waals surface area contributed by atoms with Gasteiger partial charge in [0, 0.05) is 44.5 Å². The fraction of sp³-hybridized carbons (Fsp3) is 0.538. The number of benzene rings is 2. The van der Waals surface area contributed by atoms with E-state index in [2.05, 4.69) is 61.2 Å². The topological polar surface area (TPSA) is 112 Å². The first-order valence-electron chi connectivity index (χ1n) is 18.5. The summed E-state index contributed by atoms with van der Waals surface area (Å²) in [6.45, 7) is 21.9. The Kier molecular flexibility index (Phi) is 11.8. The van der Waals surface area contributed by atoms with Crippen molar-refractivity contribution in [3.05, 3.63) is 59.6 Å². The Hall–Kier alpha value is -2.43. The second kappa shape index (κ2) is 15.5. The average Bonchev–Trinajstić information content (AvgIpc) is 3.67. The third-order valence-electron chi connectivity index (χ3n) is 10.2. The summed E-state index contributed by atoms with van der Waals surface area (Å²) < 4.78 is 57.9. The zero-order valence-corrected chi connectivity index (χ0v) is 37.0. The Morgan fingerprint density at radius 2 is 1.50 bits per heavy atom. The van der Waals surface area contributed by atoms with Crippen LogP contribution in [0.4, 0.5) is 0 Å². The van der Waals surface area contributed by atoms with E-state index in [1.165, 1.54) is 14.2 Å². The summed E-state index contributed by atoms with van der Waals surface area (Å²) in [6, 6.07) is 18.6. The van der Waals surface area contributed by atoms with Crippen LogP contribution < -0.4 is 10.0 Å². The van der Waals surface area contributed by atoms with Gasteiger partial charge in [-0.15, -0.1) is 0 Å². The molecule has 2 aromatic heterocycles. The number of imidazole rings is 1. The van der Waals surface area contributed by atoms with Crippen molar-refractivity contribution in [1.29, 1.82) is 0 Å². The molecule has 11 nitrogen and oxygen atoms in total. The van der Waals surface area contributed by atoms with E-state index in [0.717, 1.165) is 22.7 Å². The summed E-state index contributed by atoms with van der Waals surface area (Å²) in [4.78, 5) is 9.91. The number of hydrogen-bond donors (Lipinski definition) is 0. The van der Waals surface area contributed by atoms with Gasteiger partial charge in [0.15, 0.2) is 11.8 Å². The van der Waals surface area contributed by atoms with E-state index in [4.69, 9.17) is 53.7 Å². The van der Waals surface area contributed by atoms with E-state index in [1.54, 1.807) is 12.1 Å². The van der Waals surface area contributed by atoms with Crippen molar-refractivity contribution in [1.82, 2.24) is 14.5 Å². The van der Waals surface area contributed by atoms with Crippen molar-refractivity contribution in [2.24, 2.45) is 0 Å². The molecule has 0 amide bonds. The molecule has 54 heavy (non-hydrogen) atoms. The standard InChI is InChI=1S/C39H55ClN3O8PSi2/c1-38(2,3)54(39(4,5)6)49-24-32-35(51-54)33(23-48-32)50-37-42-36-31(43(37)25-47-20-21-53(9,10)11)22-30(40)34(41-36)28-14-12-26(13-15-28)27-16-18-29(19-17-27)52(44,45-7)46-8/h12-19,22,32-33,35H,20-21,23-25H2,1-11H3/t32-,33+,35-/m1/s1. The molecule has 0 unspecified atom stereocenters. The van der Waals surface area contributed by atoms with Gasteiger partial charge in [-0.1, -0.05) is 109 Å². The fourth-order valence-corrected chi connectivity index (χ4v) is 14.5. The minimum Gasteiger partial charge on any atom is -0.456 e. The van der Waals surface area contributed by atoms with Crippen molar-refractivity contribution in [3.8, 4) is 28.4 Å². The van der Waals surface area contributed by atoms with Crippen molar-refractivity contribution in [3.63, 3.8) is 0 Å². The minimum absolute atomic E-state index is 0.180. The normalized spacial score (nSPS) is 20.7. The minimum atomic E-state index is -3.33. The van der Waals surface area contributed by atoms with Crippen molar-refractivity contribution in [2.75, 3.05) is 34.0 Å². The predicted molar refractivity (Wildman–Crippen MR) is 219 cm³/mol. The van der Waals surface area contributed by atoms with Crippen LogP contribution in [0.5, 0.6) is 6.01 Å². The van der Waals surface area contributed by atoms with Crippen LogP contribution in [-0.4, -0.2) is 83.5 Å². The van der Waals surface area contributed by atoms with Crippen LogP contribution in [0.1, 0.15) is 41.5 Å². The van der Waals surface area contributed by atoms with E-state index in [1.807, 2.05) is 47.0 Å². The van der Waals surface area contributed by atoms with Crippen LogP contribution in [0.25, 0.3) is 33.5 Å². The van der Waals surface area contributed by atoms with Gasteiger partial charge in [0.1, 0.15) is 18.9 Å². The monoisotopic (exact) mass is 815 g/mol. The van der Waals surface area contributed by atoms with Crippen LogP contribution in [0.15, 0.2) is 54.6 Å². The Balaban J connectivity index is 1.30. The van der Waals surface area contributed by atoms with Gasteiger partial charge in [0.05, 0.1) is 34.8 Å². The smallest absolute Gasteiger partial charge is 0.360 e. The lowest BCUT2D eigenvalue weighted by Crippen LogP contribution is -2.65. The molecule has 294 valence electrons. The number of hydrogen-bond acceptors (Lipinski definition) is 10. The summed E-state index contributed by atoms with van der Waals surface area (Å²) >= 11 is 6.98. The number of ether oxygens (including phenoxy) is 3. The molecule has 0 saturated carbocycles. The van der Waals surface area contributed by atoms with Crippen LogP contribution in [0, 0.1) is 0 Å². The molecule has 0 bridgehead atoms. The fourth-order valence-electron chi connectivity index (χ4n) is 7.41. The zero-order chi connectivity index (χ0) is 39.3. The molecule has 2 saturated heterocycles. The molecule has 2 aliphatic rings. The van der Waals surface area contributed by atoms with Gasteiger partial charge in [-0.3, -0.25) is 9.13 Å². The van der Waals surface area contributed by atoms with Crippen molar-refractivity contribution < 1.29 is 36.7 Å². The van der Waals surface area contributed by atoms with Gasteiger partial charge in [0.2, 0.25) is 0 Å². The highest BCUT2D eigenvalue weighted by atomic mass is 35.5. The Bertz CT molecular complexity index is 1970. The second-order valence-corrected chi connectivity index (χ2v) is 30.4. The number of halogens is 1. The molecule has 2 fully saturated rings. The Labute approximate surface area is 326 Å². The van der Waals surface area contributed by atoms with E-state index >= 15 is 0 Å². The summed E-state index contributed by atoms with van der Waals surface area (Å²) in [5, 5.41) is 0.612. The number of pyridine rings is 1. The van der Waals surface area contributed by atoms with Gasteiger partial charge >= 0.3 is 22.2 Å². The lowest BCUT2D eigenvalue weighted by Gasteiger charge is -2.53. The number of nitrogens with zero attached hydrogens (tertiary/aromatic N) is 3. The Morgan fingerprint density at radius 1 is 0.907 bits per heavy atom. The molecule has 0 N–H and O–H groups in total. The highest BCUT2D eigenvalue weighted by molar-refractivity contribution is 7.62. The number of rotatable bonds is 12. The van der Waals surface area contributed by atoms with E-state index in [0.29, 0.717) is 53.0 Å². The molecule has 15 heteroatoms. The summed E-state index contributed by atoms with van der Waals surface area (Å²) in [5.41, 5.74) is 4.57. The molecule has 0 aliphatic carbocycles. The first-order chi connectivity index (χ1) is 25.3. The molecule has 2 aromatic carbocycles. The molecule has 4 aromatic rings. The zero-order valence-electron chi connectivity index (χ0n) is 33.4. The van der Waals surface area contributed by atoms with Crippen molar-refractivity contribution >= 4 is 52.3 Å². The molecule has 3 atom stereocenters. The second-order valence-electron chi connectivity index (χ2n) is 17.4. The van der Waals surface area contributed by atoms with Gasteiger partial charge < -0.3 is 32.1 Å². The van der Waals surface area contributed by atoms with Crippen LogP contribution in [-0.2, 0) is 38.7 Å². The summed E-state index contributed by atoms with van der Waals surface area (Å²) in [7, 11) is -4.66. The summed E-state index contributed by atoms with van der Waals surface area (Å²) in [6.07, 6.45) is -0.944. The van der Waals surface area contributed by atoms with E-state index in [9.17, 15) is 4.57 Å². The van der Waals surface area contributed by atoms with Gasteiger partial charge in [-0.25, -0.2) is 4.98 Å². The maximum absolute atomic E-state index is 12.8. The first-order valence-corrected chi connectivity index (χ1v) is 25.9. The van der Waals surface area contributed by atoms with Gasteiger partial charge in [-0.05, 0) is 35.4 Å². The predicted octanol–water partition coefficient (Wildman–Crippen LogP) is 9.45. The average molecular weight is 816 g/mol. The van der Waals surface area contributed by atoms with Crippen LogP contribution in [0.2, 0.25) is 40.8 Å². The van der Waals surface area contributed by atoms with Crippen LogP contribution in [0.3, 0.4) is 0 Å². The largest absolute Gasteiger partial charge is 0.456 e. The van der Waals surface area contributed by atoms with E-state index in [-0.39, 0.29) is 29.0 Å². The third-order valence-corrected chi connectivity index (χ3v) is 19.2. The molecule has 4 heterocycles. The van der Waals surface area contributed by atoms with Gasteiger partial charge in [0.25, 0.3) is 0 Å². The molecule has 6 rings (SSSR count). The van der Waals surface area contributed by atoms with Crippen molar-refractivity contribution in [2.45, 2.75) is 102 Å². The highest BCUT2D eigenvalue weighted by Gasteiger charge is 2.64.